The first-order valence-electron chi connectivity index (χ1n) is 10.2. The number of carbonyl (C=O) groups is 1. The van der Waals surface area contributed by atoms with Crippen molar-refractivity contribution in [3.05, 3.63) is 73.0 Å². The topological polar surface area (TPSA) is 73.0 Å². The molecular weight excluding hydrogens is 408 g/mol. The molecule has 1 N–H and O–H groups in total. The van der Waals surface area contributed by atoms with Crippen LogP contribution in [0.15, 0.2) is 82.6 Å². The van der Waals surface area contributed by atoms with Crippen LogP contribution < -0.4 is 5.32 Å². The van der Waals surface area contributed by atoms with Crippen molar-refractivity contribution >= 4 is 23.4 Å². The second-order valence-electron chi connectivity index (χ2n) is 7.54. The molecule has 7 heteroatoms. The number of rotatable bonds is 8. The van der Waals surface area contributed by atoms with Gasteiger partial charge in [-0.3, -0.25) is 9.36 Å². The van der Waals surface area contributed by atoms with Crippen molar-refractivity contribution in [1.29, 1.82) is 0 Å². The van der Waals surface area contributed by atoms with Gasteiger partial charge in [0.05, 0.1) is 12.0 Å². The first-order valence-corrected chi connectivity index (χ1v) is 11.1. The van der Waals surface area contributed by atoms with Crippen LogP contribution in [0, 0.1) is 5.92 Å². The third-order valence-corrected chi connectivity index (χ3v) is 5.59. The van der Waals surface area contributed by atoms with Gasteiger partial charge < -0.3 is 9.73 Å². The number of carbonyl (C=O) groups excluding carboxylic acids is 1. The average molecular weight is 433 g/mol. The molecule has 0 radical (unpaired) electrons. The fourth-order valence-corrected chi connectivity index (χ4v) is 4.04. The highest BCUT2D eigenvalue weighted by atomic mass is 32.2. The molecule has 0 spiro atoms. The smallest absolute Gasteiger partial charge is 0.234 e. The Morgan fingerprint density at radius 2 is 1.81 bits per heavy atom. The second-order valence-corrected chi connectivity index (χ2v) is 8.48. The standard InChI is InChI=1S/C24H24N4O2S/c1-17(2)15-28-23(21-13-8-14-30-21)26-27-24(28)31-16-22(29)25-20-12-7-6-11-19(20)18-9-4-3-5-10-18/h3-14,17H,15-16H2,1-2H3,(H,25,29). The zero-order chi connectivity index (χ0) is 21.6. The van der Waals surface area contributed by atoms with E-state index in [2.05, 4.69) is 29.4 Å². The van der Waals surface area contributed by atoms with Gasteiger partial charge in [0.25, 0.3) is 0 Å². The van der Waals surface area contributed by atoms with Gasteiger partial charge in [0.1, 0.15) is 0 Å². The number of anilines is 1. The minimum absolute atomic E-state index is 0.0907. The number of para-hydroxylation sites is 1. The lowest BCUT2D eigenvalue weighted by Crippen LogP contribution is -2.15. The predicted octanol–water partition coefficient (Wildman–Crippen LogP) is 5.59. The van der Waals surface area contributed by atoms with Crippen molar-refractivity contribution in [2.75, 3.05) is 11.1 Å². The highest BCUT2D eigenvalue weighted by molar-refractivity contribution is 7.99. The van der Waals surface area contributed by atoms with E-state index in [0.717, 1.165) is 23.4 Å². The van der Waals surface area contributed by atoms with E-state index in [1.807, 2.05) is 71.3 Å². The van der Waals surface area contributed by atoms with Gasteiger partial charge in [0, 0.05) is 17.8 Å². The Morgan fingerprint density at radius 1 is 1.03 bits per heavy atom. The van der Waals surface area contributed by atoms with Gasteiger partial charge in [-0.1, -0.05) is 74.1 Å². The van der Waals surface area contributed by atoms with Crippen LogP contribution in [0.3, 0.4) is 0 Å². The predicted molar refractivity (Wildman–Crippen MR) is 124 cm³/mol. The molecule has 0 unspecified atom stereocenters. The van der Waals surface area contributed by atoms with E-state index >= 15 is 0 Å². The number of aromatic nitrogens is 3. The summed E-state index contributed by atoms with van der Waals surface area (Å²) < 4.78 is 7.52. The van der Waals surface area contributed by atoms with Crippen molar-refractivity contribution in [1.82, 2.24) is 14.8 Å². The minimum atomic E-state index is -0.0907. The van der Waals surface area contributed by atoms with Crippen LogP contribution in [0.4, 0.5) is 5.69 Å². The Morgan fingerprint density at radius 3 is 2.55 bits per heavy atom. The molecule has 158 valence electrons. The summed E-state index contributed by atoms with van der Waals surface area (Å²) in [5.74, 6) is 1.89. The summed E-state index contributed by atoms with van der Waals surface area (Å²) in [6, 6.07) is 21.5. The highest BCUT2D eigenvalue weighted by Gasteiger charge is 2.18. The summed E-state index contributed by atoms with van der Waals surface area (Å²) in [4.78, 5) is 12.7. The number of thioether (sulfide) groups is 1. The van der Waals surface area contributed by atoms with E-state index in [-0.39, 0.29) is 11.7 Å². The lowest BCUT2D eigenvalue weighted by atomic mass is 10.0. The zero-order valence-electron chi connectivity index (χ0n) is 17.5. The number of nitrogens with zero attached hydrogens (tertiary/aromatic N) is 3. The molecule has 2 aromatic carbocycles. The van der Waals surface area contributed by atoms with Gasteiger partial charge in [0.2, 0.25) is 5.91 Å². The highest BCUT2D eigenvalue weighted by Crippen LogP contribution is 2.29. The van der Waals surface area contributed by atoms with Crippen molar-refractivity contribution in [3.8, 4) is 22.7 Å². The maximum absolute atomic E-state index is 12.7. The second kappa shape index (κ2) is 9.66. The summed E-state index contributed by atoms with van der Waals surface area (Å²) in [6.45, 7) is 5.00. The maximum atomic E-state index is 12.7. The van der Waals surface area contributed by atoms with E-state index in [1.54, 1.807) is 6.26 Å². The van der Waals surface area contributed by atoms with Gasteiger partial charge in [-0.25, -0.2) is 0 Å². The van der Waals surface area contributed by atoms with E-state index < -0.39 is 0 Å². The third-order valence-electron chi connectivity index (χ3n) is 4.62. The minimum Gasteiger partial charge on any atom is -0.461 e. The third kappa shape index (κ3) is 5.06. The first-order chi connectivity index (χ1) is 15.1. The van der Waals surface area contributed by atoms with Gasteiger partial charge in [-0.05, 0) is 29.7 Å². The van der Waals surface area contributed by atoms with Crippen molar-refractivity contribution < 1.29 is 9.21 Å². The average Bonchev–Trinajstić information content (AvgIpc) is 3.43. The molecule has 0 saturated heterocycles. The summed E-state index contributed by atoms with van der Waals surface area (Å²) in [5.41, 5.74) is 2.84. The van der Waals surface area contributed by atoms with Crippen LogP contribution in [-0.4, -0.2) is 26.4 Å². The lowest BCUT2D eigenvalue weighted by molar-refractivity contribution is -0.113. The molecule has 6 nitrogen and oxygen atoms in total. The Kier molecular flexibility index (Phi) is 6.52. The number of hydrogen-bond acceptors (Lipinski definition) is 5. The van der Waals surface area contributed by atoms with Gasteiger partial charge in [-0.15, -0.1) is 10.2 Å². The number of amides is 1. The largest absolute Gasteiger partial charge is 0.461 e. The van der Waals surface area contributed by atoms with Crippen LogP contribution in [0.2, 0.25) is 0 Å². The molecule has 1 amide bonds. The normalized spacial score (nSPS) is 11.1. The Bertz CT molecular complexity index is 1140. The van der Waals surface area contributed by atoms with Gasteiger partial charge in [0.15, 0.2) is 16.7 Å². The van der Waals surface area contributed by atoms with Crippen LogP contribution in [0.25, 0.3) is 22.7 Å². The molecule has 31 heavy (non-hydrogen) atoms. The summed E-state index contributed by atoms with van der Waals surface area (Å²) in [5, 5.41) is 12.3. The van der Waals surface area contributed by atoms with Crippen LogP contribution in [-0.2, 0) is 11.3 Å². The monoisotopic (exact) mass is 432 g/mol. The molecule has 0 aliphatic heterocycles. The molecule has 0 bridgehead atoms. The van der Waals surface area contributed by atoms with Crippen LogP contribution in [0.1, 0.15) is 13.8 Å². The van der Waals surface area contributed by atoms with E-state index in [4.69, 9.17) is 4.42 Å². The molecule has 0 aliphatic carbocycles. The lowest BCUT2D eigenvalue weighted by Gasteiger charge is -2.13. The molecule has 2 aromatic heterocycles. The first kappa shape index (κ1) is 20.9. The maximum Gasteiger partial charge on any atom is 0.234 e. The number of nitrogens with one attached hydrogen (secondary N) is 1. The molecule has 4 rings (SSSR count). The quantitative estimate of drug-likeness (QED) is 0.367. The van der Waals surface area contributed by atoms with Gasteiger partial charge >= 0.3 is 0 Å². The van der Waals surface area contributed by atoms with Crippen molar-refractivity contribution in [2.45, 2.75) is 25.5 Å². The Hall–Kier alpha value is -3.32. The summed E-state index contributed by atoms with van der Waals surface area (Å²) in [6.07, 6.45) is 1.62. The molecule has 0 fully saturated rings. The number of furan rings is 1. The molecule has 2 heterocycles. The van der Waals surface area contributed by atoms with Crippen molar-refractivity contribution in [2.24, 2.45) is 5.92 Å². The number of hydrogen-bond donors (Lipinski definition) is 1. The molecule has 0 aliphatic rings. The Labute approximate surface area is 185 Å². The fraction of sp³-hybridized carbons (Fsp3) is 0.208. The molecule has 0 atom stereocenters. The van der Waals surface area contributed by atoms with E-state index in [9.17, 15) is 4.79 Å². The summed E-state index contributed by atoms with van der Waals surface area (Å²) >= 11 is 1.37. The SMILES string of the molecule is CC(C)Cn1c(SCC(=O)Nc2ccccc2-c2ccccc2)nnc1-c1ccco1. The van der Waals surface area contributed by atoms with E-state index in [0.29, 0.717) is 22.7 Å². The van der Waals surface area contributed by atoms with E-state index in [1.165, 1.54) is 11.8 Å². The molecule has 0 saturated carbocycles. The molecule has 4 aromatic rings. The summed E-state index contributed by atoms with van der Waals surface area (Å²) in [7, 11) is 0. The zero-order valence-corrected chi connectivity index (χ0v) is 18.3. The van der Waals surface area contributed by atoms with Gasteiger partial charge in [-0.2, -0.15) is 0 Å². The van der Waals surface area contributed by atoms with Crippen LogP contribution >= 0.6 is 11.8 Å². The number of benzene rings is 2. The Balaban J connectivity index is 1.48. The fourth-order valence-electron chi connectivity index (χ4n) is 3.29. The van der Waals surface area contributed by atoms with Crippen LogP contribution in [0.5, 0.6) is 0 Å². The molecular formula is C24H24N4O2S. The van der Waals surface area contributed by atoms with Crippen molar-refractivity contribution in [3.63, 3.8) is 0 Å².